The Hall–Kier alpha value is -0.174. The zero-order valence-corrected chi connectivity index (χ0v) is 46.6. The van der Waals surface area contributed by atoms with Crippen molar-refractivity contribution in [1.82, 2.24) is 0 Å². The van der Waals surface area contributed by atoms with Gasteiger partial charge in [-0.05, 0) is 0 Å². The maximum Gasteiger partial charge on any atom is 2.00 e. The first-order valence-corrected chi connectivity index (χ1v) is 4.38. The average molecular weight is 1840 g/mol. The number of rotatable bonds is 0. The largest absolute Gasteiger partial charge is 2.00 e. The van der Waals surface area contributed by atoms with E-state index in [-0.39, 0.29) is 212 Å². The fourth-order valence-electron chi connectivity index (χ4n) is 0. The Labute approximate surface area is 391 Å². The van der Waals surface area contributed by atoms with Crippen LogP contribution in [0.1, 0.15) is 0 Å². The van der Waals surface area contributed by atoms with Crippen LogP contribution in [0.15, 0.2) is 64.1 Å². The summed E-state index contributed by atoms with van der Waals surface area (Å²) < 4.78 is 0. The molecule has 0 aromatic carbocycles. The van der Waals surface area contributed by atoms with Gasteiger partial charge < -0.3 is 121 Å². The molecule has 44 heavy (non-hydrogen) atoms. The summed E-state index contributed by atoms with van der Waals surface area (Å²) in [6.45, 7) is 0. The van der Waals surface area contributed by atoms with Crippen molar-refractivity contribution in [3.63, 3.8) is 0 Å². The molecule has 0 saturated heterocycles. The first kappa shape index (κ1) is 142. The van der Waals surface area contributed by atoms with Gasteiger partial charge >= 0.3 is 116 Å². The van der Waals surface area contributed by atoms with Crippen LogP contribution in [-0.4, -0.2) is 136 Å². The van der Waals surface area contributed by atoms with E-state index in [0.29, 0.717) is 0 Å². The van der Waals surface area contributed by atoms with Crippen LogP contribution in [0, 0.1) is 163 Å². The van der Waals surface area contributed by atoms with Gasteiger partial charge in [0.25, 0.3) is 0 Å². The SMILES string of the molecule is O=N[O-].O=N[O-].O=N[O-].O=N[O-].O=N[O-].O=N[O-].O=N[O-].O=N[O-].O=N[O-].O=N[O-].O=N[O-].O=N[O-].[Ce].[Cu+2].[Cu+].[Tl+].[Tl+].[Tl+].[Tl].[Tl]. The molecule has 0 atom stereocenters. The molecule has 0 spiro atoms. The molecule has 251 valence electrons. The summed E-state index contributed by atoms with van der Waals surface area (Å²) in [5.41, 5.74) is 0. The summed E-state index contributed by atoms with van der Waals surface area (Å²) in [6.07, 6.45) is 0. The Morgan fingerprint density at radius 2 is 0.250 bits per heavy atom. The molecule has 0 aromatic heterocycles. The van der Waals surface area contributed by atoms with E-state index in [1.807, 2.05) is 0 Å². The van der Waals surface area contributed by atoms with E-state index in [1.54, 1.807) is 0 Å². The van der Waals surface area contributed by atoms with Crippen molar-refractivity contribution < 1.29 is 75.9 Å². The molecule has 0 unspecified atom stereocenters. The van der Waals surface area contributed by atoms with Crippen LogP contribution >= 0.6 is 0 Å². The monoisotopic (exact) mass is 1840 g/mol. The molecule has 0 aromatic rings. The molecule has 0 N–H and O–H groups in total. The molecule has 0 aliphatic rings. The third-order valence-corrected chi connectivity index (χ3v) is 0. The molecule has 3 radical (unpaired) electrons. The molecule has 0 rings (SSSR count). The summed E-state index contributed by atoms with van der Waals surface area (Å²) >= 11 is 0. The number of hydrogen-bond acceptors (Lipinski definition) is 36. The van der Waals surface area contributed by atoms with Crippen molar-refractivity contribution in [3.8, 4) is 0 Å². The zero-order valence-electron chi connectivity index (χ0n) is 19.2. The topological polar surface area (TPSA) is 630 Å². The summed E-state index contributed by atoms with van der Waals surface area (Å²) in [6, 6.07) is 0. The van der Waals surface area contributed by atoms with E-state index in [1.165, 1.54) is 0 Å². The minimum absolute atomic E-state index is 0. The van der Waals surface area contributed by atoms with Gasteiger partial charge in [-0.25, -0.2) is 0 Å². The second kappa shape index (κ2) is 536. The van der Waals surface area contributed by atoms with Crippen LogP contribution in [0.4, 0.5) is 0 Å². The normalized spacial score (nSPS) is 3.27. The molecule has 0 fully saturated rings. The molecular weight excluding hydrogens is 1840 g/mol. The quantitative estimate of drug-likeness (QED) is 0.186. The number of nitrogens with zero attached hydrogens (tertiary/aromatic N) is 12. The first-order chi connectivity index (χ1) is 17.0. The van der Waals surface area contributed by atoms with Crippen LogP contribution in [0.2, 0.25) is 0 Å². The summed E-state index contributed by atoms with van der Waals surface area (Å²) in [5.74, 6) is 0. The van der Waals surface area contributed by atoms with E-state index in [4.69, 9.17) is 121 Å². The van der Waals surface area contributed by atoms with Crippen LogP contribution in [-0.2, 0) is 34.1 Å². The summed E-state index contributed by atoms with van der Waals surface area (Å²) in [5, 5.41) is 108. The van der Waals surface area contributed by atoms with Gasteiger partial charge in [0, 0.05) is 96.3 Å². The van der Waals surface area contributed by atoms with Crippen molar-refractivity contribution in [2.45, 2.75) is 0 Å². The van der Waals surface area contributed by atoms with Crippen LogP contribution in [0.5, 0.6) is 0 Å². The Morgan fingerprint density at radius 3 is 0.250 bits per heavy atom. The second-order valence-electron chi connectivity index (χ2n) is 0.894. The molecule has 44 heteroatoms. The maximum atomic E-state index is 8.00. The van der Waals surface area contributed by atoms with Crippen molar-refractivity contribution in [2.24, 2.45) is 64.1 Å². The molecule has 36 nitrogen and oxygen atoms in total. The van der Waals surface area contributed by atoms with E-state index < -0.39 is 0 Å². The van der Waals surface area contributed by atoms with Gasteiger partial charge in [0.1, 0.15) is 0 Å². The summed E-state index contributed by atoms with van der Waals surface area (Å²) in [7, 11) is 0. The first-order valence-electron chi connectivity index (χ1n) is 4.38. The smallest absolute Gasteiger partial charge is 0.444 e. The Balaban J connectivity index is -0.00000000780. The van der Waals surface area contributed by atoms with Crippen LogP contribution < -0.4 is 0 Å². The van der Waals surface area contributed by atoms with Gasteiger partial charge in [-0.15, -0.1) is 64.1 Å². The van der Waals surface area contributed by atoms with Crippen molar-refractivity contribution in [2.75, 3.05) is 0 Å². The van der Waals surface area contributed by atoms with E-state index in [0.717, 1.165) is 64.1 Å². The van der Waals surface area contributed by atoms with E-state index in [9.17, 15) is 0 Å². The van der Waals surface area contributed by atoms with Crippen LogP contribution in [0.3, 0.4) is 0 Å². The van der Waals surface area contributed by atoms with Gasteiger partial charge in [-0.1, -0.05) is 0 Å². The maximum absolute atomic E-state index is 8.00. The Morgan fingerprint density at radius 1 is 0.250 bits per heavy atom. The third-order valence-electron chi connectivity index (χ3n) is 0. The predicted octanol–water partition coefficient (Wildman–Crippen LogP) is 1.10. The molecule has 0 aliphatic heterocycles. The van der Waals surface area contributed by atoms with Gasteiger partial charge in [0.15, 0.2) is 0 Å². The standard InChI is InChI=1S/Ce.2Cu.12HNO2.5Tl/c;;;12*2-1-3;;;;;/h;;;12*(H,2,3);;;;;/q;+1;+2;;;;;;;;;;;;;;;3*+1/p-12. The van der Waals surface area contributed by atoms with Gasteiger partial charge in [0.05, 0.1) is 0 Å². The minimum Gasteiger partial charge on any atom is -0.444 e. The van der Waals surface area contributed by atoms with Gasteiger partial charge in [-0.2, -0.15) is 0 Å². The van der Waals surface area contributed by atoms with Crippen molar-refractivity contribution >= 4 is 136 Å². The zero-order chi connectivity index (χ0) is 32.5. The van der Waals surface area contributed by atoms with E-state index in [2.05, 4.69) is 0 Å². The Bertz CT molecular complexity index is 293. The molecule has 0 bridgehead atoms. The average Bonchev–Trinajstić information content (AvgIpc) is 2.75. The van der Waals surface area contributed by atoms with Crippen molar-refractivity contribution in [1.29, 1.82) is 0 Å². The van der Waals surface area contributed by atoms with Crippen LogP contribution in [0.25, 0.3) is 0 Å². The fourth-order valence-corrected chi connectivity index (χ4v) is 0. The number of hydrogen-bond donors (Lipinski definition) is 0. The molecular formula is CeCu2N12O24Tl5-6. The van der Waals surface area contributed by atoms with E-state index >= 15 is 0 Å². The molecule has 0 aliphatic carbocycles. The molecule has 0 saturated carbocycles. The molecule has 0 amide bonds. The second-order valence-corrected chi connectivity index (χ2v) is 0.894. The fraction of sp³-hybridized carbons (Fsp3) is 0. The van der Waals surface area contributed by atoms with Crippen molar-refractivity contribution in [3.05, 3.63) is 121 Å². The molecule has 0 heterocycles. The predicted molar refractivity (Wildman–Crippen MR) is 139 cm³/mol. The minimum atomic E-state index is 0. The van der Waals surface area contributed by atoms with Gasteiger partial charge in [-0.3, -0.25) is 0 Å². The third kappa shape index (κ3) is 2300000. The Kier molecular flexibility index (Phi) is 1720. The van der Waals surface area contributed by atoms with Gasteiger partial charge in [0.2, 0.25) is 0 Å². The summed E-state index contributed by atoms with van der Waals surface area (Å²) in [4.78, 5) is 96.0.